The summed E-state index contributed by atoms with van der Waals surface area (Å²) in [5.74, 6) is -0.932. The van der Waals surface area contributed by atoms with E-state index in [-0.39, 0.29) is 12.3 Å². The van der Waals surface area contributed by atoms with Crippen LogP contribution in [0.5, 0.6) is 0 Å². The van der Waals surface area contributed by atoms with E-state index in [9.17, 15) is 9.59 Å². The van der Waals surface area contributed by atoms with Crippen molar-refractivity contribution >= 4 is 11.9 Å². The van der Waals surface area contributed by atoms with Gasteiger partial charge in [-0.1, -0.05) is 30.3 Å². The highest BCUT2D eigenvalue weighted by Crippen LogP contribution is 2.27. The first-order valence-electron chi connectivity index (χ1n) is 8.01. The second-order valence-electron chi connectivity index (χ2n) is 5.39. The molecule has 0 spiro atoms. The number of nitrogens with one attached hydrogen (secondary N) is 1. The minimum absolute atomic E-state index is 0.132. The lowest BCUT2D eigenvalue weighted by Crippen LogP contribution is -2.06. The molecule has 0 aliphatic heterocycles. The minimum atomic E-state index is -0.533. The lowest BCUT2D eigenvalue weighted by molar-refractivity contribution is 0.0519. The average Bonchev–Trinajstić information content (AvgIpc) is 3.18. The lowest BCUT2D eigenvalue weighted by Gasteiger charge is -2.07. The summed E-state index contributed by atoms with van der Waals surface area (Å²) in [5, 5.41) is 10.4. The molecule has 0 radical (unpaired) electrons. The van der Waals surface area contributed by atoms with E-state index in [0.717, 1.165) is 11.1 Å². The van der Waals surface area contributed by atoms with E-state index in [0.29, 0.717) is 16.8 Å². The predicted molar refractivity (Wildman–Crippen MR) is 94.6 cm³/mol. The molecule has 3 rings (SSSR count). The molecule has 0 bridgehead atoms. The first kappa shape index (κ1) is 17.3. The van der Waals surface area contributed by atoms with Crippen LogP contribution in [0.15, 0.2) is 48.5 Å². The summed E-state index contributed by atoms with van der Waals surface area (Å²) >= 11 is 0. The molecule has 0 aliphatic rings. The molecule has 0 fully saturated rings. The molecule has 1 aromatic heterocycles. The Balaban J connectivity index is 1.99. The molecule has 0 aliphatic carbocycles. The summed E-state index contributed by atoms with van der Waals surface area (Å²) in [6.07, 6.45) is 0. The number of ether oxygens (including phenoxy) is 2. The Morgan fingerprint density at radius 2 is 1.65 bits per heavy atom. The van der Waals surface area contributed by atoms with Gasteiger partial charge >= 0.3 is 11.9 Å². The monoisotopic (exact) mass is 351 g/mol. The normalized spacial score (nSPS) is 10.4. The van der Waals surface area contributed by atoms with Crippen LogP contribution in [0.1, 0.15) is 27.8 Å². The number of hydrogen-bond acceptors (Lipinski definition) is 6. The molecule has 3 aromatic rings. The minimum Gasteiger partial charge on any atom is -0.465 e. The molecule has 0 saturated carbocycles. The molecular formula is C19H17N3O4. The molecule has 1 N–H and O–H groups in total. The number of hydrogen-bond donors (Lipinski definition) is 1. The Morgan fingerprint density at radius 3 is 2.38 bits per heavy atom. The van der Waals surface area contributed by atoms with Crippen molar-refractivity contribution in [3.63, 3.8) is 0 Å². The largest absolute Gasteiger partial charge is 0.465 e. The number of aromatic amines is 1. The third-order valence-electron chi connectivity index (χ3n) is 3.77. The average molecular weight is 351 g/mol. The maximum absolute atomic E-state index is 12.0. The zero-order valence-electron chi connectivity index (χ0n) is 14.4. The van der Waals surface area contributed by atoms with Gasteiger partial charge in [-0.15, -0.1) is 5.10 Å². The van der Waals surface area contributed by atoms with Gasteiger partial charge in [0.25, 0.3) is 0 Å². The molecule has 26 heavy (non-hydrogen) atoms. The fourth-order valence-corrected chi connectivity index (χ4v) is 2.56. The van der Waals surface area contributed by atoms with Gasteiger partial charge in [-0.3, -0.25) is 0 Å². The van der Waals surface area contributed by atoms with Crippen molar-refractivity contribution < 1.29 is 19.1 Å². The second kappa shape index (κ2) is 7.60. The summed E-state index contributed by atoms with van der Waals surface area (Å²) in [4.78, 5) is 23.7. The topological polar surface area (TPSA) is 94.2 Å². The van der Waals surface area contributed by atoms with Gasteiger partial charge in [0.05, 0.1) is 19.3 Å². The van der Waals surface area contributed by atoms with Gasteiger partial charge in [0.1, 0.15) is 5.69 Å². The van der Waals surface area contributed by atoms with Crippen LogP contribution in [0.3, 0.4) is 0 Å². The third kappa shape index (κ3) is 3.46. The molecule has 0 amide bonds. The Bertz CT molecular complexity index is 949. The third-order valence-corrected chi connectivity index (χ3v) is 3.77. The van der Waals surface area contributed by atoms with Crippen LogP contribution in [0.2, 0.25) is 0 Å². The molecule has 2 aromatic carbocycles. The molecular weight excluding hydrogens is 334 g/mol. The first-order chi connectivity index (χ1) is 12.6. The van der Waals surface area contributed by atoms with Crippen molar-refractivity contribution in [2.45, 2.75) is 6.92 Å². The van der Waals surface area contributed by atoms with Crippen molar-refractivity contribution in [2.75, 3.05) is 13.7 Å². The summed E-state index contributed by atoms with van der Waals surface area (Å²) < 4.78 is 9.77. The van der Waals surface area contributed by atoms with E-state index in [4.69, 9.17) is 9.47 Å². The number of esters is 2. The van der Waals surface area contributed by atoms with E-state index >= 15 is 0 Å². The number of aromatic nitrogens is 3. The van der Waals surface area contributed by atoms with Crippen molar-refractivity contribution in [1.29, 1.82) is 0 Å². The van der Waals surface area contributed by atoms with E-state index in [1.165, 1.54) is 7.11 Å². The van der Waals surface area contributed by atoms with E-state index in [2.05, 4.69) is 15.4 Å². The molecule has 7 nitrogen and oxygen atoms in total. The van der Waals surface area contributed by atoms with Crippen LogP contribution in [-0.2, 0) is 9.47 Å². The molecule has 132 valence electrons. The SMILES string of the molecule is CCOC(=O)c1n[nH]nc1-c1cccc(-c2cccc(C(=O)OC)c2)c1. The Morgan fingerprint density at radius 1 is 0.962 bits per heavy atom. The maximum Gasteiger partial charge on any atom is 0.361 e. The van der Waals surface area contributed by atoms with Crippen LogP contribution in [-0.4, -0.2) is 41.1 Å². The predicted octanol–water partition coefficient (Wildman–Crippen LogP) is 3.10. The Kier molecular flexibility index (Phi) is 5.07. The van der Waals surface area contributed by atoms with Gasteiger partial charge in [0.15, 0.2) is 5.69 Å². The number of methoxy groups -OCH3 is 1. The van der Waals surface area contributed by atoms with E-state index in [1.807, 2.05) is 30.3 Å². The quantitative estimate of drug-likeness (QED) is 0.710. The van der Waals surface area contributed by atoms with Crippen LogP contribution in [0.4, 0.5) is 0 Å². The molecule has 0 saturated heterocycles. The zero-order valence-corrected chi connectivity index (χ0v) is 14.4. The van der Waals surface area contributed by atoms with Crippen molar-refractivity contribution in [3.8, 4) is 22.4 Å². The van der Waals surface area contributed by atoms with E-state index in [1.54, 1.807) is 25.1 Å². The highest BCUT2D eigenvalue weighted by atomic mass is 16.5. The van der Waals surface area contributed by atoms with Gasteiger partial charge in [0.2, 0.25) is 0 Å². The number of nitrogens with zero attached hydrogens (tertiary/aromatic N) is 2. The standard InChI is InChI=1S/C19H17N3O4/c1-3-26-19(24)17-16(20-22-21-17)14-8-4-6-12(10-14)13-7-5-9-15(11-13)18(23)25-2/h4-11H,3H2,1-2H3,(H,20,21,22). The van der Waals surface area contributed by atoms with Gasteiger partial charge < -0.3 is 9.47 Å². The lowest BCUT2D eigenvalue weighted by atomic mass is 9.99. The van der Waals surface area contributed by atoms with Gasteiger partial charge in [-0.25, -0.2) is 9.59 Å². The number of H-pyrrole nitrogens is 1. The van der Waals surface area contributed by atoms with E-state index < -0.39 is 11.9 Å². The van der Waals surface area contributed by atoms with Crippen molar-refractivity contribution in [3.05, 3.63) is 59.8 Å². The molecule has 0 atom stereocenters. The number of carbonyl (C=O) groups is 2. The van der Waals surface area contributed by atoms with Crippen molar-refractivity contribution in [2.24, 2.45) is 0 Å². The summed E-state index contributed by atoms with van der Waals surface area (Å²) in [7, 11) is 1.34. The maximum atomic E-state index is 12.0. The Hall–Kier alpha value is -3.48. The molecule has 0 unspecified atom stereocenters. The van der Waals surface area contributed by atoms with Crippen molar-refractivity contribution in [1.82, 2.24) is 15.4 Å². The highest BCUT2D eigenvalue weighted by Gasteiger charge is 2.19. The fourth-order valence-electron chi connectivity index (χ4n) is 2.56. The highest BCUT2D eigenvalue weighted by molar-refractivity contribution is 5.94. The van der Waals surface area contributed by atoms with Gasteiger partial charge in [-0.05, 0) is 36.2 Å². The van der Waals surface area contributed by atoms with Gasteiger partial charge in [-0.2, -0.15) is 10.3 Å². The first-order valence-corrected chi connectivity index (χ1v) is 8.01. The summed E-state index contributed by atoms with van der Waals surface area (Å²) in [6.45, 7) is 1.98. The molecule has 7 heteroatoms. The molecule has 1 heterocycles. The zero-order chi connectivity index (χ0) is 18.5. The van der Waals surface area contributed by atoms with Crippen LogP contribution in [0, 0.1) is 0 Å². The van der Waals surface area contributed by atoms with Crippen LogP contribution >= 0.6 is 0 Å². The number of rotatable bonds is 5. The van der Waals surface area contributed by atoms with Gasteiger partial charge in [0, 0.05) is 5.56 Å². The van der Waals surface area contributed by atoms with Crippen LogP contribution < -0.4 is 0 Å². The summed E-state index contributed by atoms with van der Waals surface area (Å²) in [5.41, 5.74) is 3.43. The second-order valence-corrected chi connectivity index (χ2v) is 5.39. The number of carbonyl (C=O) groups excluding carboxylic acids is 2. The fraction of sp³-hybridized carbons (Fsp3) is 0.158. The number of benzene rings is 2. The van der Waals surface area contributed by atoms with Crippen LogP contribution in [0.25, 0.3) is 22.4 Å². The smallest absolute Gasteiger partial charge is 0.361 e. The Labute approximate surface area is 150 Å². The summed E-state index contributed by atoms with van der Waals surface area (Å²) in [6, 6.07) is 14.6.